The van der Waals surface area contributed by atoms with Gasteiger partial charge in [-0.2, -0.15) is 0 Å². The first kappa shape index (κ1) is 13.7. The van der Waals surface area contributed by atoms with Crippen LogP contribution in [0.25, 0.3) is 0 Å². The Morgan fingerprint density at radius 3 is 2.62 bits per heavy atom. The van der Waals surface area contributed by atoms with Crippen molar-refractivity contribution in [2.75, 3.05) is 0 Å². The van der Waals surface area contributed by atoms with Crippen molar-refractivity contribution in [1.29, 1.82) is 0 Å². The van der Waals surface area contributed by atoms with E-state index in [1.165, 1.54) is 17.5 Å². The van der Waals surface area contributed by atoms with Gasteiger partial charge in [0.25, 0.3) is 0 Å². The van der Waals surface area contributed by atoms with Gasteiger partial charge in [-0.05, 0) is 36.5 Å². The van der Waals surface area contributed by atoms with Gasteiger partial charge in [-0.25, -0.2) is 0 Å². The molecule has 2 atom stereocenters. The molecule has 1 aromatic carbocycles. The highest BCUT2D eigenvalue weighted by Gasteiger charge is 2.13. The lowest BCUT2D eigenvalue weighted by molar-refractivity contribution is 0.407. The van der Waals surface area contributed by atoms with Crippen LogP contribution in [0.2, 0.25) is 0 Å². The number of nitrogens with two attached hydrogens (primary N) is 1. The fourth-order valence-electron chi connectivity index (χ4n) is 1.70. The fraction of sp³-hybridized carbons (Fsp3) is 0.538. The Bertz CT molecular complexity index is 339. The lowest BCUT2D eigenvalue weighted by atomic mass is 9.94. The van der Waals surface area contributed by atoms with Gasteiger partial charge in [0.05, 0.1) is 0 Å². The van der Waals surface area contributed by atoms with Crippen molar-refractivity contribution in [2.45, 2.75) is 39.7 Å². The highest BCUT2D eigenvalue weighted by Crippen LogP contribution is 2.26. The van der Waals surface area contributed by atoms with E-state index in [-0.39, 0.29) is 6.04 Å². The highest BCUT2D eigenvalue weighted by atomic mass is 79.9. The van der Waals surface area contributed by atoms with Crippen LogP contribution in [0.5, 0.6) is 0 Å². The van der Waals surface area contributed by atoms with Crippen molar-refractivity contribution in [3.63, 3.8) is 0 Å². The van der Waals surface area contributed by atoms with Crippen molar-refractivity contribution in [2.24, 2.45) is 11.8 Å². The Morgan fingerprint density at radius 2 is 2.12 bits per heavy atom. The van der Waals surface area contributed by atoms with Crippen LogP contribution in [0.4, 0.5) is 0 Å². The van der Waals surface area contributed by atoms with Gasteiger partial charge in [0, 0.05) is 10.5 Å². The van der Waals surface area contributed by atoms with Gasteiger partial charge in [-0.3, -0.25) is 11.3 Å². The number of benzene rings is 1. The largest absolute Gasteiger partial charge is 0.271 e. The number of nitrogens with one attached hydrogen (secondary N) is 1. The smallest absolute Gasteiger partial charge is 0.0462 e. The average Bonchev–Trinajstić information content (AvgIpc) is 2.29. The molecular formula is C13H21BrN2. The molecule has 0 saturated heterocycles. The van der Waals surface area contributed by atoms with Crippen LogP contribution < -0.4 is 11.3 Å². The molecule has 1 aromatic rings. The van der Waals surface area contributed by atoms with Gasteiger partial charge >= 0.3 is 0 Å². The molecule has 0 radical (unpaired) electrons. The summed E-state index contributed by atoms with van der Waals surface area (Å²) < 4.78 is 1.15. The SMILES string of the molecule is CCC(C)CC(NN)c1ccc(C)c(Br)c1. The molecule has 0 spiro atoms. The molecule has 2 nitrogen and oxygen atoms in total. The molecule has 3 heteroatoms. The van der Waals surface area contributed by atoms with E-state index in [0.717, 1.165) is 10.9 Å². The third-order valence-corrected chi connectivity index (χ3v) is 3.99. The fourth-order valence-corrected chi connectivity index (χ4v) is 2.09. The lowest BCUT2D eigenvalue weighted by Gasteiger charge is -2.20. The topological polar surface area (TPSA) is 38.0 Å². The van der Waals surface area contributed by atoms with Gasteiger partial charge in [-0.1, -0.05) is 48.3 Å². The first-order valence-corrected chi connectivity index (χ1v) is 6.60. The minimum Gasteiger partial charge on any atom is -0.271 e. The highest BCUT2D eigenvalue weighted by molar-refractivity contribution is 9.10. The van der Waals surface area contributed by atoms with E-state index in [4.69, 9.17) is 5.84 Å². The molecule has 0 fully saturated rings. The first-order chi connectivity index (χ1) is 7.58. The molecule has 2 unspecified atom stereocenters. The molecular weight excluding hydrogens is 264 g/mol. The predicted octanol–water partition coefficient (Wildman–Crippen LogP) is 3.70. The molecule has 1 rings (SSSR count). The third-order valence-electron chi connectivity index (χ3n) is 3.13. The van der Waals surface area contributed by atoms with Crippen LogP contribution in [0.3, 0.4) is 0 Å². The molecule has 0 aliphatic heterocycles. The monoisotopic (exact) mass is 284 g/mol. The van der Waals surface area contributed by atoms with E-state index in [0.29, 0.717) is 5.92 Å². The van der Waals surface area contributed by atoms with Crippen molar-refractivity contribution in [3.05, 3.63) is 33.8 Å². The third kappa shape index (κ3) is 3.58. The molecule has 3 N–H and O–H groups in total. The standard InChI is InChI=1S/C13H21BrN2/c1-4-9(2)7-13(16-15)11-6-5-10(3)12(14)8-11/h5-6,8-9,13,16H,4,7,15H2,1-3H3. The van der Waals surface area contributed by atoms with E-state index in [1.54, 1.807) is 0 Å². The summed E-state index contributed by atoms with van der Waals surface area (Å²) in [5.41, 5.74) is 5.41. The second kappa shape index (κ2) is 6.38. The summed E-state index contributed by atoms with van der Waals surface area (Å²) in [7, 11) is 0. The molecule has 0 aliphatic carbocycles. The minimum atomic E-state index is 0.242. The number of halogens is 1. The molecule has 16 heavy (non-hydrogen) atoms. The van der Waals surface area contributed by atoms with Crippen LogP contribution >= 0.6 is 15.9 Å². The minimum absolute atomic E-state index is 0.242. The number of hydrogen-bond acceptors (Lipinski definition) is 2. The zero-order valence-corrected chi connectivity index (χ0v) is 11.8. The van der Waals surface area contributed by atoms with Crippen LogP contribution in [-0.4, -0.2) is 0 Å². The molecule has 0 aliphatic rings. The Kier molecular flexibility index (Phi) is 5.46. The van der Waals surface area contributed by atoms with E-state index < -0.39 is 0 Å². The van der Waals surface area contributed by atoms with E-state index in [1.807, 2.05) is 0 Å². The maximum atomic E-state index is 5.63. The molecule has 0 amide bonds. The predicted molar refractivity (Wildman–Crippen MR) is 73.0 cm³/mol. The van der Waals surface area contributed by atoms with E-state index in [2.05, 4.69) is 60.3 Å². The summed E-state index contributed by atoms with van der Waals surface area (Å²) in [5, 5.41) is 0. The zero-order valence-electron chi connectivity index (χ0n) is 10.3. The lowest BCUT2D eigenvalue weighted by Crippen LogP contribution is -2.29. The van der Waals surface area contributed by atoms with Crippen LogP contribution in [-0.2, 0) is 0 Å². The van der Waals surface area contributed by atoms with Crippen LogP contribution in [0.1, 0.15) is 43.9 Å². The zero-order chi connectivity index (χ0) is 12.1. The first-order valence-electron chi connectivity index (χ1n) is 5.80. The Labute approximate surface area is 107 Å². The summed E-state index contributed by atoms with van der Waals surface area (Å²) in [4.78, 5) is 0. The average molecular weight is 285 g/mol. The Hall–Kier alpha value is -0.380. The van der Waals surface area contributed by atoms with Gasteiger partial charge in [-0.15, -0.1) is 0 Å². The van der Waals surface area contributed by atoms with E-state index >= 15 is 0 Å². The van der Waals surface area contributed by atoms with Crippen LogP contribution in [0.15, 0.2) is 22.7 Å². The van der Waals surface area contributed by atoms with Gasteiger partial charge in [0.1, 0.15) is 0 Å². The van der Waals surface area contributed by atoms with Crippen molar-refractivity contribution < 1.29 is 0 Å². The molecule has 0 aromatic heterocycles. The van der Waals surface area contributed by atoms with Crippen molar-refractivity contribution in [3.8, 4) is 0 Å². The number of hydrogen-bond donors (Lipinski definition) is 2. The maximum absolute atomic E-state index is 5.63. The maximum Gasteiger partial charge on any atom is 0.0462 e. The van der Waals surface area contributed by atoms with Crippen molar-refractivity contribution in [1.82, 2.24) is 5.43 Å². The second-order valence-electron chi connectivity index (χ2n) is 4.48. The second-order valence-corrected chi connectivity index (χ2v) is 5.33. The summed E-state index contributed by atoms with van der Waals surface area (Å²) in [6.45, 7) is 6.56. The molecule has 0 bridgehead atoms. The number of hydrazine groups is 1. The molecule has 90 valence electrons. The summed E-state index contributed by atoms with van der Waals surface area (Å²) >= 11 is 3.56. The van der Waals surface area contributed by atoms with Crippen LogP contribution in [0, 0.1) is 12.8 Å². The van der Waals surface area contributed by atoms with Gasteiger partial charge in [0.2, 0.25) is 0 Å². The Balaban J connectivity index is 2.82. The van der Waals surface area contributed by atoms with Crippen molar-refractivity contribution >= 4 is 15.9 Å². The van der Waals surface area contributed by atoms with Gasteiger partial charge < -0.3 is 0 Å². The normalized spacial score (nSPS) is 14.8. The molecule has 0 saturated carbocycles. The summed E-state index contributed by atoms with van der Waals surface area (Å²) in [6, 6.07) is 6.67. The van der Waals surface area contributed by atoms with Gasteiger partial charge in [0.15, 0.2) is 0 Å². The van der Waals surface area contributed by atoms with E-state index in [9.17, 15) is 0 Å². The number of rotatable bonds is 5. The summed E-state index contributed by atoms with van der Waals surface area (Å²) in [6.07, 6.45) is 2.26. The Morgan fingerprint density at radius 1 is 1.44 bits per heavy atom. The number of aryl methyl sites for hydroxylation is 1. The molecule has 0 heterocycles. The quantitative estimate of drug-likeness (QED) is 0.639. The summed E-state index contributed by atoms with van der Waals surface area (Å²) in [5.74, 6) is 6.31.